The van der Waals surface area contributed by atoms with Crippen LogP contribution >= 0.6 is 0 Å². The number of nitrogens with one attached hydrogen (secondary N) is 1. The van der Waals surface area contributed by atoms with Gasteiger partial charge in [0.2, 0.25) is 5.91 Å². The van der Waals surface area contributed by atoms with Gasteiger partial charge in [-0.1, -0.05) is 32.0 Å². The van der Waals surface area contributed by atoms with Crippen molar-refractivity contribution in [3.05, 3.63) is 34.9 Å². The summed E-state index contributed by atoms with van der Waals surface area (Å²) in [5.41, 5.74) is 2.72. The number of rotatable bonds is 5. The highest BCUT2D eigenvalue weighted by Gasteiger charge is 2.24. The molecule has 2 unspecified atom stereocenters. The second-order valence-electron chi connectivity index (χ2n) is 4.93. The van der Waals surface area contributed by atoms with Gasteiger partial charge in [-0.15, -0.1) is 0 Å². The lowest BCUT2D eigenvalue weighted by Gasteiger charge is -2.18. The molecule has 0 bridgehead atoms. The zero-order valence-corrected chi connectivity index (χ0v) is 11.9. The molecule has 0 aromatic heterocycles. The number of carbonyl (C=O) groups excluding carboxylic acids is 1. The van der Waals surface area contributed by atoms with Gasteiger partial charge in [-0.25, -0.2) is 4.79 Å². The van der Waals surface area contributed by atoms with Crippen LogP contribution in [-0.2, 0) is 9.59 Å². The van der Waals surface area contributed by atoms with Crippen molar-refractivity contribution in [3.63, 3.8) is 0 Å². The van der Waals surface area contributed by atoms with E-state index < -0.39 is 12.0 Å². The Morgan fingerprint density at radius 3 is 2.37 bits per heavy atom. The Labute approximate surface area is 113 Å². The maximum absolute atomic E-state index is 11.8. The lowest BCUT2D eigenvalue weighted by molar-refractivity contribution is -0.142. The molecular formula is C15H21NO3. The third-order valence-corrected chi connectivity index (χ3v) is 3.46. The summed E-state index contributed by atoms with van der Waals surface area (Å²) in [6.45, 7) is 7.57. The Bertz CT molecular complexity index is 482. The molecule has 0 heterocycles. The molecule has 2 atom stereocenters. The van der Waals surface area contributed by atoms with Gasteiger partial charge in [0.25, 0.3) is 0 Å². The van der Waals surface area contributed by atoms with Crippen molar-refractivity contribution in [2.45, 2.75) is 40.2 Å². The summed E-state index contributed by atoms with van der Waals surface area (Å²) < 4.78 is 0. The van der Waals surface area contributed by atoms with Gasteiger partial charge in [0.1, 0.15) is 0 Å². The first-order valence-corrected chi connectivity index (χ1v) is 6.47. The SMILES string of the molecule is CCC(C)C(=O)NC(C(=O)O)c1ccc(C)c(C)c1. The van der Waals surface area contributed by atoms with Crippen LogP contribution in [0, 0.1) is 19.8 Å². The van der Waals surface area contributed by atoms with Crippen LogP contribution in [-0.4, -0.2) is 17.0 Å². The number of amides is 1. The van der Waals surface area contributed by atoms with Crippen LogP contribution in [0.3, 0.4) is 0 Å². The quantitative estimate of drug-likeness (QED) is 0.858. The van der Waals surface area contributed by atoms with Gasteiger partial charge < -0.3 is 10.4 Å². The van der Waals surface area contributed by atoms with Crippen molar-refractivity contribution in [1.29, 1.82) is 0 Å². The first kappa shape index (κ1) is 15.2. The molecule has 19 heavy (non-hydrogen) atoms. The Kier molecular flexibility index (Phi) is 5.10. The van der Waals surface area contributed by atoms with E-state index in [1.54, 1.807) is 13.0 Å². The molecule has 1 aromatic carbocycles. The summed E-state index contributed by atoms with van der Waals surface area (Å²) in [6.07, 6.45) is 0.686. The fourth-order valence-electron chi connectivity index (χ4n) is 1.70. The van der Waals surface area contributed by atoms with Crippen LogP contribution in [0.25, 0.3) is 0 Å². The second-order valence-corrected chi connectivity index (χ2v) is 4.93. The highest BCUT2D eigenvalue weighted by atomic mass is 16.4. The van der Waals surface area contributed by atoms with Gasteiger partial charge in [-0.2, -0.15) is 0 Å². The largest absolute Gasteiger partial charge is 0.479 e. The summed E-state index contributed by atoms with van der Waals surface area (Å²) in [7, 11) is 0. The van der Waals surface area contributed by atoms with Crippen LogP contribution < -0.4 is 5.32 Å². The smallest absolute Gasteiger partial charge is 0.330 e. The minimum absolute atomic E-state index is 0.187. The molecule has 4 nitrogen and oxygen atoms in total. The number of hydrogen-bond donors (Lipinski definition) is 2. The zero-order chi connectivity index (χ0) is 14.6. The van der Waals surface area contributed by atoms with Gasteiger partial charge in [0.05, 0.1) is 0 Å². The lowest BCUT2D eigenvalue weighted by atomic mass is 10.00. The lowest BCUT2D eigenvalue weighted by Crippen LogP contribution is -2.36. The molecule has 4 heteroatoms. The van der Waals surface area contributed by atoms with Gasteiger partial charge >= 0.3 is 5.97 Å². The first-order valence-electron chi connectivity index (χ1n) is 6.47. The van der Waals surface area contributed by atoms with E-state index in [2.05, 4.69) is 5.32 Å². The molecule has 0 spiro atoms. The van der Waals surface area contributed by atoms with E-state index >= 15 is 0 Å². The normalized spacial score (nSPS) is 13.7. The van der Waals surface area contributed by atoms with Crippen molar-refractivity contribution < 1.29 is 14.7 Å². The minimum atomic E-state index is -1.04. The average molecular weight is 263 g/mol. The van der Waals surface area contributed by atoms with Crippen LogP contribution in [0.4, 0.5) is 0 Å². The molecule has 0 aliphatic rings. The van der Waals surface area contributed by atoms with Gasteiger partial charge in [0.15, 0.2) is 6.04 Å². The molecular weight excluding hydrogens is 242 g/mol. The van der Waals surface area contributed by atoms with E-state index in [0.29, 0.717) is 12.0 Å². The van der Waals surface area contributed by atoms with Crippen LogP contribution in [0.15, 0.2) is 18.2 Å². The van der Waals surface area contributed by atoms with Crippen molar-refractivity contribution >= 4 is 11.9 Å². The maximum Gasteiger partial charge on any atom is 0.330 e. The van der Waals surface area contributed by atoms with E-state index in [0.717, 1.165) is 11.1 Å². The van der Waals surface area contributed by atoms with E-state index in [9.17, 15) is 14.7 Å². The van der Waals surface area contributed by atoms with Crippen molar-refractivity contribution in [1.82, 2.24) is 5.32 Å². The summed E-state index contributed by atoms with van der Waals surface area (Å²) in [5.74, 6) is -1.46. The Hall–Kier alpha value is -1.84. The number of hydrogen-bond acceptors (Lipinski definition) is 2. The van der Waals surface area contributed by atoms with E-state index in [-0.39, 0.29) is 11.8 Å². The van der Waals surface area contributed by atoms with Gasteiger partial charge in [0, 0.05) is 5.92 Å². The van der Waals surface area contributed by atoms with Gasteiger partial charge in [-0.05, 0) is 37.0 Å². The molecule has 2 N–H and O–H groups in total. The van der Waals surface area contributed by atoms with Crippen LogP contribution in [0.1, 0.15) is 43.0 Å². The minimum Gasteiger partial charge on any atom is -0.479 e. The topological polar surface area (TPSA) is 66.4 Å². The van der Waals surface area contributed by atoms with Crippen LogP contribution in [0.2, 0.25) is 0 Å². The summed E-state index contributed by atoms with van der Waals surface area (Å²) >= 11 is 0. The third-order valence-electron chi connectivity index (χ3n) is 3.46. The molecule has 0 radical (unpaired) electrons. The Morgan fingerprint density at radius 1 is 1.26 bits per heavy atom. The molecule has 104 valence electrons. The third kappa shape index (κ3) is 3.81. The molecule has 1 aromatic rings. The molecule has 0 saturated carbocycles. The van der Waals surface area contributed by atoms with Crippen molar-refractivity contribution in [2.75, 3.05) is 0 Å². The number of benzene rings is 1. The number of aryl methyl sites for hydroxylation is 2. The fourth-order valence-corrected chi connectivity index (χ4v) is 1.70. The van der Waals surface area contributed by atoms with Crippen LogP contribution in [0.5, 0.6) is 0 Å². The van der Waals surface area contributed by atoms with Gasteiger partial charge in [-0.3, -0.25) is 4.79 Å². The zero-order valence-electron chi connectivity index (χ0n) is 11.9. The number of carboxylic acids is 1. The summed E-state index contributed by atoms with van der Waals surface area (Å²) in [5, 5.41) is 11.9. The molecule has 0 fully saturated rings. The monoisotopic (exact) mass is 263 g/mol. The van der Waals surface area contributed by atoms with E-state index in [1.165, 1.54) is 0 Å². The van der Waals surface area contributed by atoms with Crippen molar-refractivity contribution in [2.24, 2.45) is 5.92 Å². The number of aliphatic carboxylic acids is 1. The highest BCUT2D eigenvalue weighted by Crippen LogP contribution is 2.18. The molecule has 0 aliphatic carbocycles. The average Bonchev–Trinajstić information content (AvgIpc) is 2.37. The number of carboxylic acid groups (broad SMARTS) is 1. The first-order chi connectivity index (χ1) is 8.86. The standard InChI is InChI=1S/C15H21NO3/c1-5-9(2)14(17)16-13(15(18)19)12-7-6-10(3)11(4)8-12/h6-9,13H,5H2,1-4H3,(H,16,17)(H,18,19). The predicted octanol–water partition coefficient (Wildman–Crippen LogP) is 2.59. The molecule has 1 rings (SSSR count). The fraction of sp³-hybridized carbons (Fsp3) is 0.467. The van der Waals surface area contributed by atoms with E-state index in [4.69, 9.17) is 0 Å². The summed E-state index contributed by atoms with van der Waals surface area (Å²) in [4.78, 5) is 23.2. The summed E-state index contributed by atoms with van der Waals surface area (Å²) in [6, 6.07) is 4.44. The van der Waals surface area contributed by atoms with E-state index in [1.807, 2.05) is 32.9 Å². The maximum atomic E-state index is 11.8. The predicted molar refractivity (Wildman–Crippen MR) is 73.9 cm³/mol. The Balaban J connectivity index is 2.98. The number of carbonyl (C=O) groups is 2. The highest BCUT2D eigenvalue weighted by molar-refractivity contribution is 5.85. The molecule has 0 saturated heterocycles. The van der Waals surface area contributed by atoms with Crippen molar-refractivity contribution in [3.8, 4) is 0 Å². The second kappa shape index (κ2) is 6.36. The Morgan fingerprint density at radius 2 is 1.89 bits per heavy atom. The molecule has 1 amide bonds. The molecule has 0 aliphatic heterocycles.